The zero-order chi connectivity index (χ0) is 14.8. The first kappa shape index (κ1) is 15.2. The molecule has 0 aromatic heterocycles. The van der Waals surface area contributed by atoms with Crippen LogP contribution < -0.4 is 4.90 Å². The van der Waals surface area contributed by atoms with Gasteiger partial charge in [0.1, 0.15) is 0 Å². The Balaban J connectivity index is 2.06. The molecule has 0 saturated carbocycles. The largest absolute Gasteiger partial charge is 0.416 e. The number of hydrogen-bond acceptors (Lipinski definition) is 2. The number of halogens is 4. The molecule has 1 aliphatic heterocycles. The molecule has 0 bridgehead atoms. The molecular formula is C13H14BrF3N2O. The lowest BCUT2D eigenvalue weighted by atomic mass is 10.1. The second-order valence-corrected chi connectivity index (χ2v) is 5.11. The fraction of sp³-hybridized carbons (Fsp3) is 0.462. The molecule has 0 spiro atoms. The number of hydrogen-bond donors (Lipinski definition) is 0. The van der Waals surface area contributed by atoms with E-state index in [0.717, 1.165) is 12.1 Å². The minimum absolute atomic E-state index is 0.00805. The van der Waals surface area contributed by atoms with Gasteiger partial charge in [-0.1, -0.05) is 22.0 Å². The molecule has 1 fully saturated rings. The summed E-state index contributed by atoms with van der Waals surface area (Å²) in [6, 6.07) is 5.29. The van der Waals surface area contributed by atoms with Crippen molar-refractivity contribution in [2.45, 2.75) is 6.18 Å². The second kappa shape index (κ2) is 6.03. The molecule has 1 heterocycles. The Morgan fingerprint density at radius 1 is 1.20 bits per heavy atom. The van der Waals surface area contributed by atoms with Gasteiger partial charge in [-0.2, -0.15) is 13.2 Å². The third-order valence-corrected chi connectivity index (χ3v) is 3.77. The number of carbonyl (C=O) groups is 1. The van der Waals surface area contributed by atoms with Crippen molar-refractivity contribution >= 4 is 27.5 Å². The summed E-state index contributed by atoms with van der Waals surface area (Å²) in [7, 11) is 0. The summed E-state index contributed by atoms with van der Waals surface area (Å²) < 4.78 is 38.0. The van der Waals surface area contributed by atoms with Gasteiger partial charge in [-0.05, 0) is 18.2 Å². The number of carbonyl (C=O) groups excluding carboxylic acids is 1. The Kier molecular flexibility index (Phi) is 4.57. The van der Waals surface area contributed by atoms with E-state index >= 15 is 0 Å². The highest BCUT2D eigenvalue weighted by molar-refractivity contribution is 9.09. The average molecular weight is 351 g/mol. The highest BCUT2D eigenvalue weighted by Gasteiger charge is 2.31. The average Bonchev–Trinajstić information content (AvgIpc) is 2.46. The van der Waals surface area contributed by atoms with E-state index in [9.17, 15) is 18.0 Å². The fourth-order valence-corrected chi connectivity index (χ4v) is 2.53. The third kappa shape index (κ3) is 3.45. The molecule has 1 aromatic rings. The Bertz CT molecular complexity index is 485. The van der Waals surface area contributed by atoms with Crippen LogP contribution in [0, 0.1) is 0 Å². The summed E-state index contributed by atoms with van der Waals surface area (Å²) in [5.41, 5.74) is -0.0975. The van der Waals surface area contributed by atoms with Crippen molar-refractivity contribution in [3.05, 3.63) is 29.8 Å². The molecule has 7 heteroatoms. The van der Waals surface area contributed by atoms with Crippen molar-refractivity contribution in [1.82, 2.24) is 4.90 Å². The first-order valence-corrected chi connectivity index (χ1v) is 7.30. The van der Waals surface area contributed by atoms with Crippen LogP contribution in [0.3, 0.4) is 0 Å². The number of amides is 1. The minimum Gasteiger partial charge on any atom is -0.368 e. The number of nitrogens with zero attached hydrogens (tertiary/aromatic N) is 2. The van der Waals surface area contributed by atoms with Crippen molar-refractivity contribution in [3.63, 3.8) is 0 Å². The van der Waals surface area contributed by atoms with Crippen molar-refractivity contribution in [2.75, 3.05) is 36.4 Å². The van der Waals surface area contributed by atoms with Crippen LogP contribution in [0.15, 0.2) is 24.3 Å². The highest BCUT2D eigenvalue weighted by Crippen LogP contribution is 2.31. The molecule has 110 valence electrons. The summed E-state index contributed by atoms with van der Waals surface area (Å²) in [6.45, 7) is 2.14. The number of benzene rings is 1. The molecule has 0 atom stereocenters. The number of rotatable bonds is 2. The molecule has 0 unspecified atom stereocenters. The lowest BCUT2D eigenvalue weighted by Gasteiger charge is -2.36. The molecule has 1 aromatic carbocycles. The highest BCUT2D eigenvalue weighted by atomic mass is 79.9. The van der Waals surface area contributed by atoms with E-state index in [1.807, 2.05) is 4.90 Å². The smallest absolute Gasteiger partial charge is 0.368 e. The quantitative estimate of drug-likeness (QED) is 0.765. The Labute approximate surface area is 123 Å². The standard InChI is InChI=1S/C13H14BrF3N2O/c14-9-12(20)19-6-4-18(5-7-19)11-3-1-2-10(8-11)13(15,16)17/h1-3,8H,4-7,9H2. The Morgan fingerprint density at radius 3 is 2.40 bits per heavy atom. The van der Waals surface area contributed by atoms with Gasteiger partial charge >= 0.3 is 6.18 Å². The minimum atomic E-state index is -4.33. The molecule has 0 aliphatic carbocycles. The zero-order valence-electron chi connectivity index (χ0n) is 10.7. The Hall–Kier alpha value is -1.24. The molecule has 1 saturated heterocycles. The Morgan fingerprint density at radius 2 is 1.85 bits per heavy atom. The van der Waals surface area contributed by atoms with Crippen LogP contribution in [0.5, 0.6) is 0 Å². The van der Waals surface area contributed by atoms with Crippen molar-refractivity contribution < 1.29 is 18.0 Å². The second-order valence-electron chi connectivity index (χ2n) is 4.55. The lowest BCUT2D eigenvalue weighted by Crippen LogP contribution is -2.49. The molecule has 1 aliphatic rings. The van der Waals surface area contributed by atoms with Crippen LogP contribution in [0.4, 0.5) is 18.9 Å². The normalized spacial score (nSPS) is 16.4. The van der Waals surface area contributed by atoms with Gasteiger partial charge in [0.2, 0.25) is 5.91 Å². The van der Waals surface area contributed by atoms with Gasteiger partial charge in [0, 0.05) is 31.9 Å². The zero-order valence-corrected chi connectivity index (χ0v) is 12.2. The predicted octanol–water partition coefficient (Wildman–Crippen LogP) is 2.75. The van der Waals surface area contributed by atoms with Gasteiger partial charge in [0.15, 0.2) is 0 Å². The van der Waals surface area contributed by atoms with Gasteiger partial charge in [-0.25, -0.2) is 0 Å². The van der Waals surface area contributed by atoms with Crippen molar-refractivity contribution in [1.29, 1.82) is 0 Å². The number of alkyl halides is 4. The van der Waals surface area contributed by atoms with Gasteiger partial charge in [0.05, 0.1) is 10.9 Å². The van der Waals surface area contributed by atoms with Crippen LogP contribution in [0.1, 0.15) is 5.56 Å². The van der Waals surface area contributed by atoms with E-state index in [-0.39, 0.29) is 11.2 Å². The van der Waals surface area contributed by atoms with Crippen molar-refractivity contribution in [3.8, 4) is 0 Å². The monoisotopic (exact) mass is 350 g/mol. The summed E-state index contributed by atoms with van der Waals surface area (Å²) in [5.74, 6) is 0.00805. The maximum absolute atomic E-state index is 12.7. The van der Waals surface area contributed by atoms with Gasteiger partial charge in [-0.15, -0.1) is 0 Å². The fourth-order valence-electron chi connectivity index (χ4n) is 2.18. The molecule has 0 radical (unpaired) electrons. The van der Waals surface area contributed by atoms with Gasteiger partial charge in [-0.3, -0.25) is 4.79 Å². The lowest BCUT2D eigenvalue weighted by molar-refractivity contribution is -0.137. The van der Waals surface area contributed by atoms with Crippen LogP contribution in [0.2, 0.25) is 0 Å². The topological polar surface area (TPSA) is 23.6 Å². The summed E-state index contributed by atoms with van der Waals surface area (Å²) in [4.78, 5) is 15.1. The first-order chi connectivity index (χ1) is 9.41. The molecule has 3 nitrogen and oxygen atoms in total. The summed E-state index contributed by atoms with van der Waals surface area (Å²) in [6.07, 6.45) is -4.33. The number of anilines is 1. The van der Waals surface area contributed by atoms with Crippen LogP contribution in [0.25, 0.3) is 0 Å². The van der Waals surface area contributed by atoms with E-state index in [4.69, 9.17) is 0 Å². The first-order valence-electron chi connectivity index (χ1n) is 6.18. The van der Waals surface area contributed by atoms with Crippen LogP contribution in [-0.4, -0.2) is 42.3 Å². The van der Waals surface area contributed by atoms with E-state index < -0.39 is 11.7 Å². The number of piperazine rings is 1. The van der Waals surface area contributed by atoms with E-state index in [0.29, 0.717) is 31.9 Å². The SMILES string of the molecule is O=C(CBr)N1CCN(c2cccc(C(F)(F)F)c2)CC1. The molecule has 2 rings (SSSR count). The maximum Gasteiger partial charge on any atom is 0.416 e. The summed E-state index contributed by atoms with van der Waals surface area (Å²) in [5, 5.41) is 0.274. The molecule has 1 amide bonds. The third-order valence-electron chi connectivity index (χ3n) is 3.29. The predicted molar refractivity (Wildman–Crippen MR) is 74.0 cm³/mol. The van der Waals surface area contributed by atoms with Crippen LogP contribution in [-0.2, 0) is 11.0 Å². The maximum atomic E-state index is 12.7. The van der Waals surface area contributed by atoms with E-state index in [1.165, 1.54) is 6.07 Å². The van der Waals surface area contributed by atoms with E-state index in [1.54, 1.807) is 11.0 Å². The molecular weight excluding hydrogens is 337 g/mol. The molecule has 0 N–H and O–H groups in total. The summed E-state index contributed by atoms with van der Waals surface area (Å²) >= 11 is 3.11. The van der Waals surface area contributed by atoms with Gasteiger partial charge in [0.25, 0.3) is 0 Å². The van der Waals surface area contributed by atoms with Crippen LogP contribution >= 0.6 is 15.9 Å². The van der Waals surface area contributed by atoms with Crippen molar-refractivity contribution in [2.24, 2.45) is 0 Å². The van der Waals surface area contributed by atoms with Gasteiger partial charge < -0.3 is 9.80 Å². The molecule has 20 heavy (non-hydrogen) atoms. The van der Waals surface area contributed by atoms with E-state index in [2.05, 4.69) is 15.9 Å².